The molecule has 0 bridgehead atoms. The summed E-state index contributed by atoms with van der Waals surface area (Å²) in [4.78, 5) is 47.4. The summed E-state index contributed by atoms with van der Waals surface area (Å²) in [5, 5.41) is 2.59. The highest BCUT2D eigenvalue weighted by atomic mass is 16.2. The van der Waals surface area contributed by atoms with Gasteiger partial charge in [0.25, 0.3) is 11.8 Å². The van der Waals surface area contributed by atoms with Crippen molar-refractivity contribution >= 4 is 17.6 Å². The molecule has 1 unspecified atom stereocenters. The summed E-state index contributed by atoms with van der Waals surface area (Å²) in [6, 6.07) is 4.19. The van der Waals surface area contributed by atoms with E-state index in [1.165, 1.54) is 6.20 Å². The number of aromatic amines is 1. The van der Waals surface area contributed by atoms with E-state index in [1.807, 2.05) is 0 Å². The lowest BCUT2D eigenvalue weighted by Crippen LogP contribution is -2.47. The Bertz CT molecular complexity index is 962. The first-order chi connectivity index (χ1) is 13.0. The molecule has 0 saturated heterocycles. The number of primary amides is 1. The van der Waals surface area contributed by atoms with Gasteiger partial charge in [-0.1, -0.05) is 0 Å². The molecule has 0 aromatic carbocycles. The molecular weight excluding hydrogens is 348 g/mol. The average molecular weight is 366 g/mol. The van der Waals surface area contributed by atoms with Crippen LogP contribution in [-0.2, 0) is 16.0 Å². The lowest BCUT2D eigenvalue weighted by molar-refractivity contribution is -0.137. The number of pyridine rings is 1. The Balaban J connectivity index is 1.88. The van der Waals surface area contributed by atoms with Gasteiger partial charge in [-0.15, -0.1) is 0 Å². The molecule has 138 valence electrons. The Labute approximate surface area is 154 Å². The summed E-state index contributed by atoms with van der Waals surface area (Å²) in [5.74, 6) is -1.94. The van der Waals surface area contributed by atoms with Crippen LogP contribution in [-0.4, -0.2) is 43.2 Å². The van der Waals surface area contributed by atoms with Crippen LogP contribution in [0.3, 0.4) is 0 Å². The number of hydrogen-bond acceptors (Lipinski definition) is 5. The van der Waals surface area contributed by atoms with Crippen LogP contribution in [0.2, 0.25) is 0 Å². The summed E-state index contributed by atoms with van der Waals surface area (Å²) in [7, 11) is 0. The van der Waals surface area contributed by atoms with E-state index in [1.54, 1.807) is 54.5 Å². The van der Waals surface area contributed by atoms with Crippen molar-refractivity contribution in [3.63, 3.8) is 0 Å². The van der Waals surface area contributed by atoms with Gasteiger partial charge in [0, 0.05) is 25.0 Å². The van der Waals surface area contributed by atoms with Gasteiger partial charge in [0.2, 0.25) is 5.78 Å². The summed E-state index contributed by atoms with van der Waals surface area (Å²) in [6.07, 6.45) is 8.11. The third kappa shape index (κ3) is 3.92. The summed E-state index contributed by atoms with van der Waals surface area (Å²) in [6.45, 7) is 1.75. The number of imidazole rings is 1. The maximum atomic E-state index is 12.8. The third-order valence-corrected chi connectivity index (χ3v) is 4.04. The number of aryl methyl sites for hydroxylation is 1. The number of amides is 2. The number of aromatic nitrogens is 4. The van der Waals surface area contributed by atoms with Crippen molar-refractivity contribution in [3.8, 4) is 5.69 Å². The maximum Gasteiger partial charge on any atom is 0.287 e. The van der Waals surface area contributed by atoms with Gasteiger partial charge in [0.15, 0.2) is 0 Å². The van der Waals surface area contributed by atoms with E-state index in [4.69, 9.17) is 5.73 Å². The van der Waals surface area contributed by atoms with Crippen molar-refractivity contribution in [2.45, 2.75) is 19.4 Å². The van der Waals surface area contributed by atoms with E-state index in [0.717, 1.165) is 5.56 Å². The molecule has 9 heteroatoms. The highest BCUT2D eigenvalue weighted by Gasteiger charge is 2.27. The first-order valence-electron chi connectivity index (χ1n) is 8.18. The number of nitrogens with one attached hydrogen (secondary N) is 2. The minimum atomic E-state index is -1.10. The number of rotatable bonds is 7. The molecular formula is C18H18N6O3. The van der Waals surface area contributed by atoms with Crippen molar-refractivity contribution in [1.29, 1.82) is 0 Å². The molecule has 0 aliphatic heterocycles. The summed E-state index contributed by atoms with van der Waals surface area (Å²) < 4.78 is 1.62. The molecule has 3 aromatic heterocycles. The average Bonchev–Trinajstić information content (AvgIpc) is 3.30. The monoisotopic (exact) mass is 366 g/mol. The van der Waals surface area contributed by atoms with Gasteiger partial charge in [-0.05, 0) is 30.7 Å². The molecule has 0 radical (unpaired) electrons. The van der Waals surface area contributed by atoms with Gasteiger partial charge >= 0.3 is 0 Å². The van der Waals surface area contributed by atoms with Gasteiger partial charge in [0.1, 0.15) is 17.6 Å². The van der Waals surface area contributed by atoms with Gasteiger partial charge < -0.3 is 16.0 Å². The minimum absolute atomic E-state index is 0.136. The van der Waals surface area contributed by atoms with E-state index in [2.05, 4.69) is 20.3 Å². The second kappa shape index (κ2) is 7.65. The summed E-state index contributed by atoms with van der Waals surface area (Å²) in [5.41, 5.74) is 6.76. The Hall–Kier alpha value is -3.75. The predicted octanol–water partition coefficient (Wildman–Crippen LogP) is 0.299. The number of Topliss-reactive ketones (excluding diaryl/α,β-unsaturated/α-hetero) is 1. The molecule has 0 saturated carbocycles. The maximum absolute atomic E-state index is 12.8. The van der Waals surface area contributed by atoms with E-state index < -0.39 is 23.6 Å². The zero-order chi connectivity index (χ0) is 19.4. The molecule has 2 amide bonds. The molecule has 1 atom stereocenters. The number of nitrogens with two attached hydrogens (primary N) is 1. The first-order valence-corrected chi connectivity index (χ1v) is 8.18. The Morgan fingerprint density at radius 2 is 2.11 bits per heavy atom. The topological polar surface area (TPSA) is 136 Å². The Kier molecular flexibility index (Phi) is 5.11. The van der Waals surface area contributed by atoms with Crippen molar-refractivity contribution in [1.82, 2.24) is 24.8 Å². The van der Waals surface area contributed by atoms with Crippen molar-refractivity contribution in [3.05, 3.63) is 66.3 Å². The Morgan fingerprint density at radius 1 is 1.30 bits per heavy atom. The molecule has 0 aliphatic carbocycles. The predicted molar refractivity (Wildman–Crippen MR) is 96.0 cm³/mol. The van der Waals surface area contributed by atoms with Crippen molar-refractivity contribution in [2.24, 2.45) is 5.73 Å². The van der Waals surface area contributed by atoms with Crippen LogP contribution in [0.25, 0.3) is 5.69 Å². The molecule has 4 N–H and O–H groups in total. The van der Waals surface area contributed by atoms with Crippen LogP contribution in [0.1, 0.15) is 21.9 Å². The van der Waals surface area contributed by atoms with Crippen LogP contribution < -0.4 is 11.1 Å². The van der Waals surface area contributed by atoms with E-state index in [-0.39, 0.29) is 12.1 Å². The standard InChI is InChI=1S/C18H18N6O3/c1-11-22-10-15(24(11)13-3-2-5-20-9-13)18(27)23-14(16(25)17(19)26)7-12-4-6-21-8-12/h2-6,8-10,14,21H,7H2,1H3,(H2,19,26)(H,23,27). The van der Waals surface area contributed by atoms with Gasteiger partial charge in [-0.2, -0.15) is 0 Å². The molecule has 3 aromatic rings. The fourth-order valence-corrected chi connectivity index (χ4v) is 2.75. The van der Waals surface area contributed by atoms with Crippen LogP contribution in [0, 0.1) is 6.92 Å². The van der Waals surface area contributed by atoms with Gasteiger partial charge in [-0.25, -0.2) is 4.98 Å². The molecule has 0 fully saturated rings. The van der Waals surface area contributed by atoms with Crippen LogP contribution in [0.15, 0.2) is 49.2 Å². The number of nitrogens with zero attached hydrogens (tertiary/aromatic N) is 3. The van der Waals surface area contributed by atoms with E-state index in [9.17, 15) is 14.4 Å². The Morgan fingerprint density at radius 3 is 2.74 bits per heavy atom. The summed E-state index contributed by atoms with van der Waals surface area (Å²) >= 11 is 0. The molecule has 0 aliphatic rings. The molecule has 0 spiro atoms. The number of hydrogen-bond donors (Lipinski definition) is 3. The largest absolute Gasteiger partial charge is 0.367 e. The van der Waals surface area contributed by atoms with Gasteiger partial charge in [0.05, 0.1) is 18.1 Å². The highest BCUT2D eigenvalue weighted by molar-refractivity contribution is 6.38. The minimum Gasteiger partial charge on any atom is -0.367 e. The number of H-pyrrole nitrogens is 1. The normalized spacial score (nSPS) is 11.7. The lowest BCUT2D eigenvalue weighted by atomic mass is 10.0. The van der Waals surface area contributed by atoms with Crippen LogP contribution in [0.5, 0.6) is 0 Å². The van der Waals surface area contributed by atoms with E-state index in [0.29, 0.717) is 11.5 Å². The molecule has 27 heavy (non-hydrogen) atoms. The second-order valence-electron chi connectivity index (χ2n) is 5.92. The fraction of sp³-hybridized carbons (Fsp3) is 0.167. The van der Waals surface area contributed by atoms with Crippen molar-refractivity contribution < 1.29 is 14.4 Å². The number of carbonyl (C=O) groups excluding carboxylic acids is 3. The number of ketones is 1. The molecule has 9 nitrogen and oxygen atoms in total. The van der Waals surface area contributed by atoms with Gasteiger partial charge in [-0.3, -0.25) is 23.9 Å². The zero-order valence-corrected chi connectivity index (χ0v) is 14.5. The van der Waals surface area contributed by atoms with Crippen molar-refractivity contribution in [2.75, 3.05) is 0 Å². The van der Waals surface area contributed by atoms with Crippen LogP contribution in [0.4, 0.5) is 0 Å². The molecule has 3 heterocycles. The first kappa shape index (κ1) is 18.1. The zero-order valence-electron chi connectivity index (χ0n) is 14.5. The SMILES string of the molecule is Cc1ncc(C(=O)NC(Cc2cc[nH]c2)C(=O)C(N)=O)n1-c1cccnc1. The van der Waals surface area contributed by atoms with E-state index >= 15 is 0 Å². The second-order valence-corrected chi connectivity index (χ2v) is 5.92. The van der Waals surface area contributed by atoms with Crippen LogP contribution >= 0.6 is 0 Å². The third-order valence-electron chi connectivity index (χ3n) is 4.04. The quantitative estimate of drug-likeness (QED) is 0.517. The molecule has 3 rings (SSSR count). The number of carbonyl (C=O) groups is 3. The smallest absolute Gasteiger partial charge is 0.287 e. The highest BCUT2D eigenvalue weighted by Crippen LogP contribution is 2.14. The lowest BCUT2D eigenvalue weighted by Gasteiger charge is -2.16. The fourth-order valence-electron chi connectivity index (χ4n) is 2.75.